The molecule has 0 fully saturated rings. The van der Waals surface area contributed by atoms with E-state index in [0.717, 1.165) is 29.0 Å². The predicted octanol–water partition coefficient (Wildman–Crippen LogP) is 3.74. The minimum atomic E-state index is -0.133. The Kier molecular flexibility index (Phi) is 5.33. The van der Waals surface area contributed by atoms with E-state index in [4.69, 9.17) is 0 Å². The van der Waals surface area contributed by atoms with Crippen LogP contribution in [0.15, 0.2) is 54.2 Å². The van der Waals surface area contributed by atoms with Gasteiger partial charge >= 0.3 is 0 Å². The Labute approximate surface area is 145 Å². The lowest BCUT2D eigenvalue weighted by Gasteiger charge is -2.03. The van der Waals surface area contributed by atoms with E-state index in [9.17, 15) is 4.79 Å². The largest absolute Gasteiger partial charge is 0.350 e. The number of aromatic nitrogens is 2. The maximum Gasteiger partial charge on any atom is 0.270 e. The normalized spacial score (nSPS) is 10.5. The van der Waals surface area contributed by atoms with Crippen LogP contribution in [0.2, 0.25) is 0 Å². The van der Waals surface area contributed by atoms with Gasteiger partial charge < -0.3 is 5.32 Å². The maximum atomic E-state index is 12.2. The number of thiazole rings is 1. The first-order valence-electron chi connectivity index (χ1n) is 7.98. The zero-order valence-electron chi connectivity index (χ0n) is 13.5. The third-order valence-corrected chi connectivity index (χ3v) is 4.66. The first kappa shape index (κ1) is 16.3. The lowest BCUT2D eigenvalue weighted by molar-refractivity contribution is 0.0950. The molecule has 5 heteroatoms. The summed E-state index contributed by atoms with van der Waals surface area (Å²) in [6, 6.07) is 12.2. The highest BCUT2D eigenvalue weighted by atomic mass is 32.1. The van der Waals surface area contributed by atoms with E-state index in [1.54, 1.807) is 6.20 Å². The van der Waals surface area contributed by atoms with Crippen molar-refractivity contribution in [1.29, 1.82) is 0 Å². The molecule has 0 aliphatic rings. The van der Waals surface area contributed by atoms with Crippen LogP contribution < -0.4 is 5.32 Å². The molecule has 1 N–H and O–H groups in total. The molecule has 0 aliphatic heterocycles. The molecule has 0 saturated carbocycles. The van der Waals surface area contributed by atoms with Gasteiger partial charge in [-0.25, -0.2) is 4.98 Å². The van der Waals surface area contributed by atoms with Crippen LogP contribution in [0, 0.1) is 0 Å². The highest BCUT2D eigenvalue weighted by Gasteiger charge is 2.11. The molecule has 1 amide bonds. The van der Waals surface area contributed by atoms with E-state index in [1.807, 2.05) is 23.7 Å². The van der Waals surface area contributed by atoms with Crippen molar-refractivity contribution in [2.75, 3.05) is 6.54 Å². The average molecular weight is 337 g/mol. The minimum absolute atomic E-state index is 0.133. The summed E-state index contributed by atoms with van der Waals surface area (Å²) in [5.41, 5.74) is 3.92. The fourth-order valence-electron chi connectivity index (χ4n) is 2.35. The molecule has 122 valence electrons. The summed E-state index contributed by atoms with van der Waals surface area (Å²) in [6.07, 6.45) is 5.33. The zero-order valence-corrected chi connectivity index (χ0v) is 14.3. The van der Waals surface area contributed by atoms with Gasteiger partial charge in [0.15, 0.2) is 0 Å². The number of pyridine rings is 1. The van der Waals surface area contributed by atoms with Crippen LogP contribution in [0.4, 0.5) is 0 Å². The second-order valence-corrected chi connectivity index (χ2v) is 6.31. The number of benzene rings is 1. The summed E-state index contributed by atoms with van der Waals surface area (Å²) in [6.45, 7) is 2.70. The van der Waals surface area contributed by atoms with Gasteiger partial charge in [-0.15, -0.1) is 11.3 Å². The Morgan fingerprint density at radius 1 is 1.17 bits per heavy atom. The third kappa shape index (κ3) is 4.06. The van der Waals surface area contributed by atoms with E-state index in [2.05, 4.69) is 46.5 Å². The van der Waals surface area contributed by atoms with Crippen molar-refractivity contribution in [1.82, 2.24) is 15.3 Å². The predicted molar refractivity (Wildman–Crippen MR) is 97.2 cm³/mol. The van der Waals surface area contributed by atoms with Gasteiger partial charge in [0.25, 0.3) is 5.91 Å². The van der Waals surface area contributed by atoms with E-state index in [-0.39, 0.29) is 5.91 Å². The van der Waals surface area contributed by atoms with Crippen molar-refractivity contribution in [2.45, 2.75) is 19.8 Å². The Balaban J connectivity index is 1.59. The molecule has 4 nitrogen and oxygen atoms in total. The van der Waals surface area contributed by atoms with Crippen molar-refractivity contribution < 1.29 is 4.79 Å². The number of nitrogens with one attached hydrogen (secondary N) is 1. The lowest BCUT2D eigenvalue weighted by Crippen LogP contribution is -2.25. The van der Waals surface area contributed by atoms with Crippen LogP contribution in [-0.2, 0) is 12.8 Å². The number of amides is 1. The number of carbonyl (C=O) groups is 1. The molecule has 0 unspecified atom stereocenters. The Bertz CT molecular complexity index is 797. The van der Waals surface area contributed by atoms with Crippen LogP contribution in [-0.4, -0.2) is 22.4 Å². The Morgan fingerprint density at radius 2 is 2.00 bits per heavy atom. The monoisotopic (exact) mass is 337 g/mol. The summed E-state index contributed by atoms with van der Waals surface area (Å²) >= 11 is 1.49. The van der Waals surface area contributed by atoms with Crippen molar-refractivity contribution >= 4 is 17.2 Å². The molecule has 0 saturated heterocycles. The van der Waals surface area contributed by atoms with Gasteiger partial charge in [0.05, 0.1) is 0 Å². The molecular weight excluding hydrogens is 318 g/mol. The fourth-order valence-corrected chi connectivity index (χ4v) is 3.16. The van der Waals surface area contributed by atoms with Crippen molar-refractivity contribution in [3.63, 3.8) is 0 Å². The first-order chi connectivity index (χ1) is 11.8. The summed E-state index contributed by atoms with van der Waals surface area (Å²) < 4.78 is 0. The number of carbonyl (C=O) groups excluding carboxylic acids is 1. The number of hydrogen-bond donors (Lipinski definition) is 1. The van der Waals surface area contributed by atoms with Crippen molar-refractivity contribution in [2.24, 2.45) is 0 Å². The van der Waals surface area contributed by atoms with Crippen LogP contribution in [0.5, 0.6) is 0 Å². The van der Waals surface area contributed by atoms with Gasteiger partial charge in [-0.2, -0.15) is 0 Å². The Morgan fingerprint density at radius 3 is 2.71 bits per heavy atom. The fraction of sp³-hybridized carbons (Fsp3) is 0.211. The van der Waals surface area contributed by atoms with Crippen LogP contribution in [0.25, 0.3) is 10.6 Å². The molecule has 1 aromatic carbocycles. The SMILES string of the molecule is CCc1ccc(-c2nc(C(=O)NCCc3cccnc3)cs2)cc1. The second kappa shape index (κ2) is 7.84. The molecule has 0 bridgehead atoms. The molecule has 3 rings (SSSR count). The van der Waals surface area contributed by atoms with Gasteiger partial charge in [0.2, 0.25) is 0 Å². The van der Waals surface area contributed by atoms with E-state index >= 15 is 0 Å². The average Bonchev–Trinajstić information content (AvgIpc) is 3.13. The summed E-state index contributed by atoms with van der Waals surface area (Å²) in [5, 5.41) is 5.59. The standard InChI is InChI=1S/C19H19N3OS/c1-2-14-5-7-16(8-6-14)19-22-17(13-24-19)18(23)21-11-9-15-4-3-10-20-12-15/h3-8,10,12-13H,2,9,11H2,1H3,(H,21,23). The highest BCUT2D eigenvalue weighted by molar-refractivity contribution is 7.13. The maximum absolute atomic E-state index is 12.2. The smallest absolute Gasteiger partial charge is 0.270 e. The number of nitrogens with zero attached hydrogens (tertiary/aromatic N) is 2. The van der Waals surface area contributed by atoms with Crippen molar-refractivity contribution in [3.8, 4) is 10.6 Å². The minimum Gasteiger partial charge on any atom is -0.350 e. The highest BCUT2D eigenvalue weighted by Crippen LogP contribution is 2.24. The lowest BCUT2D eigenvalue weighted by atomic mass is 10.1. The third-order valence-electron chi connectivity index (χ3n) is 3.77. The van der Waals surface area contributed by atoms with Gasteiger partial charge in [0.1, 0.15) is 10.7 Å². The molecule has 0 radical (unpaired) electrons. The van der Waals surface area contributed by atoms with E-state index in [1.165, 1.54) is 16.9 Å². The van der Waals surface area contributed by atoms with Gasteiger partial charge in [-0.3, -0.25) is 9.78 Å². The zero-order chi connectivity index (χ0) is 16.8. The topological polar surface area (TPSA) is 54.9 Å². The number of hydrogen-bond acceptors (Lipinski definition) is 4. The van der Waals surface area contributed by atoms with Gasteiger partial charge in [-0.05, 0) is 30.0 Å². The van der Waals surface area contributed by atoms with Crippen LogP contribution in [0.1, 0.15) is 28.5 Å². The number of aryl methyl sites for hydroxylation is 1. The first-order valence-corrected chi connectivity index (χ1v) is 8.86. The molecular formula is C19H19N3OS. The van der Waals surface area contributed by atoms with E-state index in [0.29, 0.717) is 12.2 Å². The molecule has 3 aromatic rings. The summed E-state index contributed by atoms with van der Waals surface area (Å²) in [7, 11) is 0. The number of rotatable bonds is 6. The van der Waals surface area contributed by atoms with Gasteiger partial charge in [0, 0.05) is 29.9 Å². The molecule has 0 spiro atoms. The Hall–Kier alpha value is -2.53. The summed E-state index contributed by atoms with van der Waals surface area (Å²) in [4.78, 5) is 20.7. The van der Waals surface area contributed by atoms with E-state index < -0.39 is 0 Å². The summed E-state index contributed by atoms with van der Waals surface area (Å²) in [5.74, 6) is -0.133. The molecule has 24 heavy (non-hydrogen) atoms. The quantitative estimate of drug-likeness (QED) is 0.745. The second-order valence-electron chi connectivity index (χ2n) is 5.46. The molecule has 2 heterocycles. The molecule has 0 atom stereocenters. The molecule has 0 aliphatic carbocycles. The van der Waals surface area contributed by atoms with Gasteiger partial charge in [-0.1, -0.05) is 37.3 Å². The van der Waals surface area contributed by atoms with Crippen molar-refractivity contribution in [3.05, 3.63) is 71.0 Å². The molecule has 2 aromatic heterocycles. The van der Waals surface area contributed by atoms with Crippen LogP contribution in [0.3, 0.4) is 0 Å². The van der Waals surface area contributed by atoms with Crippen LogP contribution >= 0.6 is 11.3 Å².